The number of halogens is 1. The van der Waals surface area contributed by atoms with Crippen molar-refractivity contribution >= 4 is 5.69 Å². The molecule has 2 nitrogen and oxygen atoms in total. The zero-order chi connectivity index (χ0) is 16.8. The van der Waals surface area contributed by atoms with E-state index < -0.39 is 0 Å². The van der Waals surface area contributed by atoms with Crippen LogP contribution in [0, 0.1) is 12.7 Å². The van der Waals surface area contributed by atoms with E-state index in [2.05, 4.69) is 35.9 Å². The highest BCUT2D eigenvalue weighted by Gasteiger charge is 2.17. The Morgan fingerprint density at radius 1 is 0.826 bits per heavy atom. The molecule has 1 aliphatic rings. The smallest absolute Gasteiger partial charge is 0.147 e. The highest BCUT2D eigenvalue weighted by atomic mass is 19.1. The molecule has 0 spiro atoms. The topological polar surface area (TPSA) is 6.48 Å². The largest absolute Gasteiger partial charge is 0.367 e. The molecule has 2 aromatic rings. The molecule has 1 aliphatic heterocycles. The average molecular weight is 314 g/mol. The highest BCUT2D eigenvalue weighted by molar-refractivity contribution is 5.67. The Morgan fingerprint density at radius 2 is 1.39 bits per heavy atom. The van der Waals surface area contributed by atoms with E-state index >= 15 is 0 Å². The van der Waals surface area contributed by atoms with Gasteiger partial charge in [-0.25, -0.2) is 4.39 Å². The number of benzene rings is 2. The lowest BCUT2D eigenvalue weighted by Crippen LogP contribution is -2.44. The van der Waals surface area contributed by atoms with E-state index in [4.69, 9.17) is 0 Å². The van der Waals surface area contributed by atoms with Crippen molar-refractivity contribution in [1.29, 1.82) is 0 Å². The third-order valence-electron chi connectivity index (χ3n) is 4.18. The predicted octanol–water partition coefficient (Wildman–Crippen LogP) is 4.58. The molecule has 3 rings (SSSR count). The number of nitrogens with zero attached hydrogens (tertiary/aromatic N) is 2. The maximum Gasteiger partial charge on any atom is 0.147 e. The minimum atomic E-state index is -0.127. The molecule has 3 heteroatoms. The van der Waals surface area contributed by atoms with Crippen LogP contribution in [0.1, 0.15) is 19.4 Å². The Morgan fingerprint density at radius 3 is 1.96 bits per heavy atom. The zero-order valence-corrected chi connectivity index (χ0v) is 14.6. The molecule has 2 aromatic carbocycles. The maximum absolute atomic E-state index is 14.4. The normalized spacial score (nSPS) is 15.1. The van der Waals surface area contributed by atoms with Gasteiger partial charge in [0.2, 0.25) is 0 Å². The van der Waals surface area contributed by atoms with Gasteiger partial charge in [-0.1, -0.05) is 49.7 Å². The number of anilines is 1. The van der Waals surface area contributed by atoms with Crippen LogP contribution in [-0.4, -0.2) is 38.1 Å². The third kappa shape index (κ3) is 4.32. The molecule has 0 bridgehead atoms. The number of piperazine rings is 1. The van der Waals surface area contributed by atoms with Gasteiger partial charge in [0.05, 0.1) is 5.69 Å². The number of hydrogen-bond donors (Lipinski definition) is 0. The Balaban J connectivity index is 0.000000924. The summed E-state index contributed by atoms with van der Waals surface area (Å²) in [5.41, 5.74) is 3.93. The minimum absolute atomic E-state index is 0.127. The van der Waals surface area contributed by atoms with E-state index in [0.29, 0.717) is 0 Å². The second-order valence-corrected chi connectivity index (χ2v) is 5.82. The molecule has 0 saturated carbocycles. The molecule has 1 fully saturated rings. The van der Waals surface area contributed by atoms with Crippen molar-refractivity contribution in [3.05, 3.63) is 53.8 Å². The first-order chi connectivity index (χ1) is 11.1. The first kappa shape index (κ1) is 17.5. The summed E-state index contributed by atoms with van der Waals surface area (Å²) in [4.78, 5) is 4.41. The van der Waals surface area contributed by atoms with Crippen LogP contribution < -0.4 is 4.90 Å². The Kier molecular flexibility index (Phi) is 6.17. The van der Waals surface area contributed by atoms with Crippen molar-refractivity contribution in [1.82, 2.24) is 4.90 Å². The molecule has 23 heavy (non-hydrogen) atoms. The number of rotatable bonds is 2. The van der Waals surface area contributed by atoms with E-state index in [-0.39, 0.29) is 5.82 Å². The van der Waals surface area contributed by atoms with E-state index in [1.54, 1.807) is 6.07 Å². The molecule has 1 saturated heterocycles. The molecule has 0 amide bonds. The second kappa shape index (κ2) is 8.11. The fourth-order valence-electron chi connectivity index (χ4n) is 2.74. The monoisotopic (exact) mass is 314 g/mol. The standard InChI is InChI=1S/C18H21FN2.C2H6/c1-14-3-5-15(6-4-14)16-7-8-18(17(19)13-16)21-11-9-20(2)10-12-21;1-2/h3-8,13H,9-12H2,1-2H3;1-2H3. The molecule has 0 N–H and O–H groups in total. The lowest BCUT2D eigenvalue weighted by atomic mass is 10.0. The molecule has 0 atom stereocenters. The van der Waals surface area contributed by atoms with Crippen LogP contribution in [0.15, 0.2) is 42.5 Å². The summed E-state index contributed by atoms with van der Waals surface area (Å²) in [5, 5.41) is 0. The molecule has 1 heterocycles. The number of aryl methyl sites for hydroxylation is 1. The molecular formula is C20H27FN2. The molecule has 124 valence electrons. The van der Waals surface area contributed by atoms with Crippen LogP contribution in [0.25, 0.3) is 11.1 Å². The predicted molar refractivity (Wildman–Crippen MR) is 97.6 cm³/mol. The van der Waals surface area contributed by atoms with Crippen LogP contribution >= 0.6 is 0 Å². The number of hydrogen-bond acceptors (Lipinski definition) is 2. The van der Waals surface area contributed by atoms with Gasteiger partial charge >= 0.3 is 0 Å². The van der Waals surface area contributed by atoms with Gasteiger partial charge in [-0.15, -0.1) is 0 Å². The SMILES string of the molecule is CC.Cc1ccc(-c2ccc(N3CCN(C)CC3)c(F)c2)cc1. The van der Waals surface area contributed by atoms with E-state index in [9.17, 15) is 4.39 Å². The molecule has 0 radical (unpaired) electrons. The van der Waals surface area contributed by atoms with Crippen molar-refractivity contribution in [2.24, 2.45) is 0 Å². The van der Waals surface area contributed by atoms with Gasteiger partial charge in [-0.3, -0.25) is 0 Å². The zero-order valence-electron chi connectivity index (χ0n) is 14.6. The summed E-state index contributed by atoms with van der Waals surface area (Å²) in [6, 6.07) is 13.8. The van der Waals surface area contributed by atoms with Crippen molar-refractivity contribution in [2.75, 3.05) is 38.1 Å². The Hall–Kier alpha value is -1.87. The van der Waals surface area contributed by atoms with Crippen molar-refractivity contribution < 1.29 is 4.39 Å². The first-order valence-electron chi connectivity index (χ1n) is 8.43. The van der Waals surface area contributed by atoms with Crippen LogP contribution in [0.5, 0.6) is 0 Å². The lowest BCUT2D eigenvalue weighted by molar-refractivity contribution is 0.311. The van der Waals surface area contributed by atoms with Crippen LogP contribution in [-0.2, 0) is 0 Å². The molecule has 0 aromatic heterocycles. The second-order valence-electron chi connectivity index (χ2n) is 5.82. The van der Waals surface area contributed by atoms with Gasteiger partial charge in [0, 0.05) is 26.2 Å². The summed E-state index contributed by atoms with van der Waals surface area (Å²) in [6.45, 7) is 9.80. The average Bonchev–Trinajstić information content (AvgIpc) is 2.58. The quantitative estimate of drug-likeness (QED) is 0.800. The van der Waals surface area contributed by atoms with Gasteiger partial charge in [0.15, 0.2) is 0 Å². The molecule has 0 aliphatic carbocycles. The maximum atomic E-state index is 14.4. The first-order valence-corrected chi connectivity index (χ1v) is 8.43. The summed E-state index contributed by atoms with van der Waals surface area (Å²) in [5.74, 6) is -0.127. The van der Waals surface area contributed by atoms with Crippen molar-refractivity contribution in [2.45, 2.75) is 20.8 Å². The molecular weight excluding hydrogens is 287 g/mol. The van der Waals surface area contributed by atoms with E-state index in [1.165, 1.54) is 5.56 Å². The van der Waals surface area contributed by atoms with E-state index in [1.807, 2.05) is 38.1 Å². The van der Waals surface area contributed by atoms with Crippen LogP contribution in [0.4, 0.5) is 10.1 Å². The summed E-state index contributed by atoms with van der Waals surface area (Å²) >= 11 is 0. The van der Waals surface area contributed by atoms with Gasteiger partial charge in [0.25, 0.3) is 0 Å². The fraction of sp³-hybridized carbons (Fsp3) is 0.400. The summed E-state index contributed by atoms with van der Waals surface area (Å²) in [6.07, 6.45) is 0. The number of likely N-dealkylation sites (N-methyl/N-ethyl adjacent to an activating group) is 1. The van der Waals surface area contributed by atoms with Gasteiger partial charge in [-0.05, 0) is 37.2 Å². The van der Waals surface area contributed by atoms with Crippen LogP contribution in [0.2, 0.25) is 0 Å². The summed E-state index contributed by atoms with van der Waals surface area (Å²) in [7, 11) is 2.11. The van der Waals surface area contributed by atoms with Crippen molar-refractivity contribution in [3.63, 3.8) is 0 Å². The van der Waals surface area contributed by atoms with Crippen LogP contribution in [0.3, 0.4) is 0 Å². The van der Waals surface area contributed by atoms with E-state index in [0.717, 1.165) is 43.0 Å². The summed E-state index contributed by atoms with van der Waals surface area (Å²) < 4.78 is 14.4. The Labute approximate surface area is 139 Å². The highest BCUT2D eigenvalue weighted by Crippen LogP contribution is 2.27. The van der Waals surface area contributed by atoms with Gasteiger partial charge in [0.1, 0.15) is 5.82 Å². The van der Waals surface area contributed by atoms with Gasteiger partial charge in [-0.2, -0.15) is 0 Å². The Bertz CT molecular complexity index is 614. The van der Waals surface area contributed by atoms with Crippen molar-refractivity contribution in [3.8, 4) is 11.1 Å². The minimum Gasteiger partial charge on any atom is -0.367 e. The fourth-order valence-corrected chi connectivity index (χ4v) is 2.74. The third-order valence-corrected chi connectivity index (χ3v) is 4.18. The lowest BCUT2D eigenvalue weighted by Gasteiger charge is -2.34. The molecule has 0 unspecified atom stereocenters. The van der Waals surface area contributed by atoms with Gasteiger partial charge < -0.3 is 9.80 Å².